The van der Waals surface area contributed by atoms with E-state index in [9.17, 15) is 8.78 Å². The van der Waals surface area contributed by atoms with Gasteiger partial charge in [-0.05, 0) is 45.3 Å². The Morgan fingerprint density at radius 2 is 1.62 bits per heavy atom. The van der Waals surface area contributed by atoms with E-state index in [2.05, 4.69) is 0 Å². The normalized spacial score (nSPS) is 25.8. The number of anilines is 1. The van der Waals surface area contributed by atoms with Crippen LogP contribution in [0.3, 0.4) is 0 Å². The number of alkyl halides is 2. The van der Waals surface area contributed by atoms with Crippen molar-refractivity contribution in [2.24, 2.45) is 0 Å². The number of halogens is 2. The largest absolute Gasteiger partial charge is 0.494 e. The molecule has 0 bridgehead atoms. The Morgan fingerprint density at radius 1 is 1.05 bits per heavy atom. The van der Waals surface area contributed by atoms with Gasteiger partial charge in [-0.15, -0.1) is 0 Å². The second kappa shape index (κ2) is 4.43. The van der Waals surface area contributed by atoms with Crippen LogP contribution in [0.15, 0.2) is 24.3 Å². The summed E-state index contributed by atoms with van der Waals surface area (Å²) in [6.07, 6.45) is 0. The molecule has 2 saturated heterocycles. The molecule has 21 heavy (non-hydrogen) atoms. The summed E-state index contributed by atoms with van der Waals surface area (Å²) in [6.45, 7) is 7.53. The first-order valence-electron chi connectivity index (χ1n) is 7.18. The SMILES string of the molecule is CC1(C)OB(c2cccc(N3CC(F)(F)C3)c2)OC1(C)C. The third-order valence-electron chi connectivity index (χ3n) is 4.61. The molecule has 2 heterocycles. The molecular formula is C15H20BF2NO2. The summed E-state index contributed by atoms with van der Waals surface area (Å²) in [4.78, 5) is 1.66. The van der Waals surface area contributed by atoms with E-state index in [1.807, 2.05) is 52.0 Å². The molecule has 114 valence electrons. The summed E-state index contributed by atoms with van der Waals surface area (Å²) in [5.41, 5.74) is 0.837. The molecule has 0 aliphatic carbocycles. The van der Waals surface area contributed by atoms with Crippen LogP contribution >= 0.6 is 0 Å². The van der Waals surface area contributed by atoms with Gasteiger partial charge in [0.25, 0.3) is 5.92 Å². The quantitative estimate of drug-likeness (QED) is 0.782. The van der Waals surface area contributed by atoms with Crippen molar-refractivity contribution in [3.63, 3.8) is 0 Å². The van der Waals surface area contributed by atoms with E-state index < -0.39 is 24.2 Å². The lowest BCUT2D eigenvalue weighted by molar-refractivity contribution is -0.0262. The van der Waals surface area contributed by atoms with Gasteiger partial charge in [0.1, 0.15) is 0 Å². The molecule has 0 aromatic heterocycles. The zero-order chi connectivity index (χ0) is 15.5. The molecule has 2 aliphatic heterocycles. The summed E-state index contributed by atoms with van der Waals surface area (Å²) in [5, 5.41) is 0. The van der Waals surface area contributed by atoms with Crippen molar-refractivity contribution in [3.05, 3.63) is 24.3 Å². The van der Waals surface area contributed by atoms with E-state index in [0.717, 1.165) is 11.2 Å². The minimum Gasteiger partial charge on any atom is -0.399 e. The number of nitrogens with zero attached hydrogens (tertiary/aromatic N) is 1. The summed E-state index contributed by atoms with van der Waals surface area (Å²) in [6, 6.07) is 7.47. The van der Waals surface area contributed by atoms with Gasteiger partial charge >= 0.3 is 7.12 Å². The highest BCUT2D eigenvalue weighted by Crippen LogP contribution is 2.37. The zero-order valence-corrected chi connectivity index (χ0v) is 12.8. The van der Waals surface area contributed by atoms with E-state index in [-0.39, 0.29) is 13.1 Å². The number of hydrogen-bond donors (Lipinski definition) is 0. The number of hydrogen-bond acceptors (Lipinski definition) is 3. The van der Waals surface area contributed by atoms with Gasteiger partial charge in [-0.3, -0.25) is 0 Å². The molecule has 0 amide bonds. The first-order chi connectivity index (χ1) is 9.60. The summed E-state index contributed by atoms with van der Waals surface area (Å²) < 4.78 is 38.0. The molecule has 0 atom stereocenters. The van der Waals surface area contributed by atoms with Crippen molar-refractivity contribution in [2.75, 3.05) is 18.0 Å². The average Bonchev–Trinajstić information content (AvgIpc) is 2.56. The topological polar surface area (TPSA) is 21.7 Å². The summed E-state index contributed by atoms with van der Waals surface area (Å²) in [5.74, 6) is -2.57. The van der Waals surface area contributed by atoms with Crippen molar-refractivity contribution >= 4 is 18.3 Å². The fourth-order valence-corrected chi connectivity index (χ4v) is 2.54. The minimum absolute atomic E-state index is 0.222. The Morgan fingerprint density at radius 3 is 2.14 bits per heavy atom. The minimum atomic E-state index is -2.57. The van der Waals surface area contributed by atoms with E-state index in [4.69, 9.17) is 9.31 Å². The first-order valence-corrected chi connectivity index (χ1v) is 7.18. The highest BCUT2D eigenvalue weighted by Gasteiger charge is 2.52. The predicted molar refractivity (Wildman–Crippen MR) is 79.3 cm³/mol. The predicted octanol–water partition coefficient (Wildman–Crippen LogP) is 2.44. The van der Waals surface area contributed by atoms with Gasteiger partial charge in [-0.2, -0.15) is 0 Å². The van der Waals surface area contributed by atoms with Crippen molar-refractivity contribution < 1.29 is 18.1 Å². The monoisotopic (exact) mass is 295 g/mol. The second-order valence-corrected chi connectivity index (χ2v) is 6.90. The van der Waals surface area contributed by atoms with Crippen molar-refractivity contribution in [2.45, 2.75) is 44.8 Å². The van der Waals surface area contributed by atoms with Gasteiger partial charge in [-0.25, -0.2) is 8.78 Å². The Balaban J connectivity index is 1.79. The molecule has 1 aromatic carbocycles. The van der Waals surface area contributed by atoms with E-state index >= 15 is 0 Å². The van der Waals surface area contributed by atoms with Crippen LogP contribution in [0.2, 0.25) is 0 Å². The molecule has 2 fully saturated rings. The van der Waals surface area contributed by atoms with Crippen LogP contribution in [0, 0.1) is 0 Å². The maximum absolute atomic E-state index is 13.0. The van der Waals surface area contributed by atoms with Crippen LogP contribution in [-0.2, 0) is 9.31 Å². The zero-order valence-electron chi connectivity index (χ0n) is 12.8. The van der Waals surface area contributed by atoms with Gasteiger partial charge in [-0.1, -0.05) is 12.1 Å². The maximum atomic E-state index is 13.0. The Bertz CT molecular complexity index is 538. The molecule has 0 N–H and O–H groups in total. The van der Waals surface area contributed by atoms with Gasteiger partial charge < -0.3 is 14.2 Å². The molecule has 0 spiro atoms. The lowest BCUT2D eigenvalue weighted by atomic mass is 9.79. The number of rotatable bonds is 2. The molecule has 0 radical (unpaired) electrons. The standard InChI is InChI=1S/C15H20BF2NO2/c1-13(2)14(3,4)21-16(20-13)11-6-5-7-12(8-11)19-9-15(17,18)10-19/h5-8H,9-10H2,1-4H3. The van der Waals surface area contributed by atoms with Crippen molar-refractivity contribution in [1.29, 1.82) is 0 Å². The maximum Gasteiger partial charge on any atom is 0.494 e. The van der Waals surface area contributed by atoms with E-state index in [1.54, 1.807) is 4.90 Å². The van der Waals surface area contributed by atoms with Gasteiger partial charge in [0, 0.05) is 5.69 Å². The van der Waals surface area contributed by atoms with Crippen LogP contribution in [-0.4, -0.2) is 37.3 Å². The molecule has 6 heteroatoms. The highest BCUT2D eigenvalue weighted by atomic mass is 19.3. The van der Waals surface area contributed by atoms with Gasteiger partial charge in [0.15, 0.2) is 0 Å². The van der Waals surface area contributed by atoms with Crippen LogP contribution in [0.25, 0.3) is 0 Å². The lowest BCUT2D eigenvalue weighted by Crippen LogP contribution is -2.56. The third-order valence-corrected chi connectivity index (χ3v) is 4.61. The van der Waals surface area contributed by atoms with Gasteiger partial charge in [0.2, 0.25) is 0 Å². The molecule has 0 saturated carbocycles. The van der Waals surface area contributed by atoms with Gasteiger partial charge in [0.05, 0.1) is 24.3 Å². The highest BCUT2D eigenvalue weighted by molar-refractivity contribution is 6.62. The molecule has 3 nitrogen and oxygen atoms in total. The van der Waals surface area contributed by atoms with Crippen molar-refractivity contribution in [3.8, 4) is 0 Å². The third kappa shape index (κ3) is 2.55. The van der Waals surface area contributed by atoms with Crippen LogP contribution in [0.5, 0.6) is 0 Å². The molecule has 2 aliphatic rings. The lowest BCUT2D eigenvalue weighted by Gasteiger charge is -2.40. The van der Waals surface area contributed by atoms with Crippen LogP contribution in [0.1, 0.15) is 27.7 Å². The smallest absolute Gasteiger partial charge is 0.399 e. The summed E-state index contributed by atoms with van der Waals surface area (Å²) in [7, 11) is -0.461. The Hall–Kier alpha value is -1.14. The summed E-state index contributed by atoms with van der Waals surface area (Å²) >= 11 is 0. The Kier molecular flexibility index (Phi) is 3.12. The molecular weight excluding hydrogens is 275 g/mol. The van der Waals surface area contributed by atoms with Crippen molar-refractivity contribution in [1.82, 2.24) is 0 Å². The Labute approximate surface area is 124 Å². The fraction of sp³-hybridized carbons (Fsp3) is 0.600. The average molecular weight is 295 g/mol. The van der Waals surface area contributed by atoms with Crippen LogP contribution < -0.4 is 10.4 Å². The van der Waals surface area contributed by atoms with E-state index in [1.165, 1.54) is 0 Å². The fourth-order valence-electron chi connectivity index (χ4n) is 2.54. The molecule has 0 unspecified atom stereocenters. The number of benzene rings is 1. The second-order valence-electron chi connectivity index (χ2n) is 6.90. The van der Waals surface area contributed by atoms with Crippen LogP contribution in [0.4, 0.5) is 14.5 Å². The van der Waals surface area contributed by atoms with E-state index in [0.29, 0.717) is 0 Å². The molecule has 3 rings (SSSR count). The molecule has 1 aromatic rings. The first kappa shape index (κ1) is 14.8.